The normalized spacial score (nSPS) is 21.8. The summed E-state index contributed by atoms with van der Waals surface area (Å²) in [5.41, 5.74) is 0.973. The van der Waals surface area contributed by atoms with Crippen molar-refractivity contribution in [2.75, 3.05) is 26.2 Å². The van der Waals surface area contributed by atoms with Crippen LogP contribution in [0.4, 0.5) is 18.0 Å². The Morgan fingerprint density at radius 2 is 1.53 bits per heavy atom. The van der Waals surface area contributed by atoms with Crippen LogP contribution in [0.5, 0.6) is 0 Å². The van der Waals surface area contributed by atoms with Gasteiger partial charge in [-0.3, -0.25) is 9.69 Å². The maximum Gasteiger partial charge on any atom is 0.490 e. The minimum Gasteiger partial charge on any atom is -0.481 e. The molecule has 0 bridgehead atoms. The van der Waals surface area contributed by atoms with Crippen LogP contribution in [0.3, 0.4) is 0 Å². The Kier molecular flexibility index (Phi) is 9.30. The first-order valence-corrected chi connectivity index (χ1v) is 10.3. The van der Waals surface area contributed by atoms with Crippen LogP contribution >= 0.6 is 0 Å². The first-order valence-electron chi connectivity index (χ1n) is 10.3. The van der Waals surface area contributed by atoms with Crippen molar-refractivity contribution < 1.29 is 42.5 Å². The largest absolute Gasteiger partial charge is 0.490 e. The molecule has 178 valence electrons. The first-order chi connectivity index (χ1) is 15.1. The predicted molar refractivity (Wildman–Crippen MR) is 107 cm³/mol. The summed E-state index contributed by atoms with van der Waals surface area (Å²) in [7, 11) is 0. The minimum atomic E-state index is -5.08. The van der Waals surface area contributed by atoms with Crippen LogP contribution in [0.15, 0.2) is 30.3 Å². The number of piperazine rings is 1. The highest BCUT2D eigenvalue weighted by Crippen LogP contribution is 2.29. The van der Waals surface area contributed by atoms with Crippen molar-refractivity contribution in [3.63, 3.8) is 0 Å². The van der Waals surface area contributed by atoms with E-state index in [9.17, 15) is 27.9 Å². The Bertz CT molecular complexity index is 767. The Balaban J connectivity index is 0.000000451. The third kappa shape index (κ3) is 7.70. The number of rotatable bonds is 4. The highest BCUT2D eigenvalue weighted by Gasteiger charge is 2.38. The van der Waals surface area contributed by atoms with Crippen molar-refractivity contribution in [3.05, 3.63) is 35.9 Å². The van der Waals surface area contributed by atoms with Crippen LogP contribution in [0.2, 0.25) is 0 Å². The summed E-state index contributed by atoms with van der Waals surface area (Å²) in [5.74, 6) is -3.72. The van der Waals surface area contributed by atoms with Gasteiger partial charge in [-0.15, -0.1) is 0 Å². The van der Waals surface area contributed by atoms with Crippen LogP contribution in [0.25, 0.3) is 0 Å². The smallest absolute Gasteiger partial charge is 0.481 e. The fourth-order valence-electron chi connectivity index (χ4n) is 3.88. The molecule has 1 saturated heterocycles. The Morgan fingerprint density at radius 1 is 0.969 bits per heavy atom. The third-order valence-corrected chi connectivity index (χ3v) is 5.54. The number of aliphatic carboxylic acids is 2. The summed E-state index contributed by atoms with van der Waals surface area (Å²) in [5, 5.41) is 16.6. The maximum atomic E-state index is 12.2. The summed E-state index contributed by atoms with van der Waals surface area (Å²) in [6.45, 7) is 2.90. The molecule has 1 aliphatic carbocycles. The number of carboxylic acids is 2. The van der Waals surface area contributed by atoms with Crippen LogP contribution in [-0.2, 0) is 20.9 Å². The molecule has 0 radical (unpaired) electrons. The van der Waals surface area contributed by atoms with E-state index in [2.05, 4.69) is 4.90 Å². The molecule has 2 aliphatic rings. The first kappa shape index (κ1) is 25.4. The summed E-state index contributed by atoms with van der Waals surface area (Å²) in [6.07, 6.45) is -1.58. The molecule has 3 rings (SSSR count). The zero-order valence-corrected chi connectivity index (χ0v) is 17.5. The van der Waals surface area contributed by atoms with Crippen molar-refractivity contribution in [2.45, 2.75) is 44.5 Å². The van der Waals surface area contributed by atoms with Crippen molar-refractivity contribution >= 4 is 18.0 Å². The lowest BCUT2D eigenvalue weighted by Crippen LogP contribution is -2.55. The molecule has 0 aromatic heterocycles. The molecule has 1 amide bonds. The quantitative estimate of drug-likeness (QED) is 0.710. The van der Waals surface area contributed by atoms with Crippen molar-refractivity contribution in [3.8, 4) is 0 Å². The highest BCUT2D eigenvalue weighted by atomic mass is 19.4. The number of benzene rings is 1. The van der Waals surface area contributed by atoms with E-state index in [1.165, 1.54) is 0 Å². The number of hydrogen-bond acceptors (Lipinski definition) is 5. The van der Waals surface area contributed by atoms with Gasteiger partial charge in [0.1, 0.15) is 6.61 Å². The average Bonchev–Trinajstić information content (AvgIpc) is 2.78. The van der Waals surface area contributed by atoms with Gasteiger partial charge < -0.3 is 19.8 Å². The Labute approximate surface area is 183 Å². The van der Waals surface area contributed by atoms with Gasteiger partial charge in [0.2, 0.25) is 0 Å². The summed E-state index contributed by atoms with van der Waals surface area (Å²) in [4.78, 5) is 36.6. The van der Waals surface area contributed by atoms with E-state index >= 15 is 0 Å². The van der Waals surface area contributed by atoms with Crippen molar-refractivity contribution in [2.24, 2.45) is 5.92 Å². The molecule has 1 aromatic carbocycles. The van der Waals surface area contributed by atoms with Gasteiger partial charge in [-0.1, -0.05) is 43.2 Å². The van der Waals surface area contributed by atoms with E-state index in [0.717, 1.165) is 44.3 Å². The molecule has 8 nitrogen and oxygen atoms in total. The average molecular weight is 460 g/mol. The maximum absolute atomic E-state index is 12.2. The van der Waals surface area contributed by atoms with Gasteiger partial charge >= 0.3 is 24.2 Å². The number of carbonyl (C=O) groups excluding carboxylic acids is 1. The van der Waals surface area contributed by atoms with Gasteiger partial charge in [-0.05, 0) is 18.4 Å². The van der Waals surface area contributed by atoms with Crippen molar-refractivity contribution in [1.82, 2.24) is 9.80 Å². The Morgan fingerprint density at radius 3 is 2.06 bits per heavy atom. The van der Waals surface area contributed by atoms with Crippen LogP contribution in [0, 0.1) is 5.92 Å². The molecule has 0 spiro atoms. The van der Waals surface area contributed by atoms with Gasteiger partial charge in [0.05, 0.1) is 5.92 Å². The lowest BCUT2D eigenvalue weighted by atomic mass is 9.83. The number of alkyl halides is 3. The van der Waals surface area contributed by atoms with Crippen LogP contribution < -0.4 is 0 Å². The lowest BCUT2D eigenvalue weighted by molar-refractivity contribution is -0.192. The molecular formula is C21H27F3N2O6. The lowest BCUT2D eigenvalue weighted by Gasteiger charge is -2.42. The SMILES string of the molecule is O=C(O)C(F)(F)F.O=C(O)[C@@H]1CCCC[C@H]1N1CCN(C(=O)OCc2ccccc2)CC1. The number of amides is 1. The molecule has 1 aliphatic heterocycles. The molecule has 11 heteroatoms. The second kappa shape index (κ2) is 11.7. The fraction of sp³-hybridized carbons (Fsp3) is 0.571. The van der Waals surface area contributed by atoms with E-state index in [1.807, 2.05) is 30.3 Å². The predicted octanol–water partition coefficient (Wildman–Crippen LogP) is 3.22. The Hall–Kier alpha value is -2.82. The fourth-order valence-corrected chi connectivity index (χ4v) is 3.88. The highest BCUT2D eigenvalue weighted by molar-refractivity contribution is 5.73. The molecule has 0 unspecified atom stereocenters. The molecule has 32 heavy (non-hydrogen) atoms. The molecular weight excluding hydrogens is 433 g/mol. The second-order valence-electron chi connectivity index (χ2n) is 7.66. The zero-order chi connectivity index (χ0) is 23.7. The molecule has 2 fully saturated rings. The van der Waals surface area contributed by atoms with Gasteiger partial charge in [-0.2, -0.15) is 13.2 Å². The second-order valence-corrected chi connectivity index (χ2v) is 7.66. The molecule has 2 N–H and O–H groups in total. The van der Waals surface area contributed by atoms with Gasteiger partial charge in [0.25, 0.3) is 0 Å². The van der Waals surface area contributed by atoms with Gasteiger partial charge in [0, 0.05) is 32.2 Å². The van der Waals surface area contributed by atoms with Gasteiger partial charge in [-0.25, -0.2) is 9.59 Å². The summed E-state index contributed by atoms with van der Waals surface area (Å²) >= 11 is 0. The van der Waals surface area contributed by atoms with E-state index in [-0.39, 0.29) is 24.7 Å². The van der Waals surface area contributed by atoms with Crippen LogP contribution in [0.1, 0.15) is 31.2 Å². The summed E-state index contributed by atoms with van der Waals surface area (Å²) in [6, 6.07) is 9.74. The molecule has 2 atom stereocenters. The summed E-state index contributed by atoms with van der Waals surface area (Å²) < 4.78 is 37.1. The number of carbonyl (C=O) groups is 3. The number of nitrogens with zero attached hydrogens (tertiary/aromatic N) is 2. The number of carboxylic acid groups (broad SMARTS) is 2. The third-order valence-electron chi connectivity index (χ3n) is 5.54. The van der Waals surface area contributed by atoms with Crippen LogP contribution in [-0.4, -0.2) is 76.4 Å². The van der Waals surface area contributed by atoms with Crippen molar-refractivity contribution in [1.29, 1.82) is 0 Å². The number of hydrogen-bond donors (Lipinski definition) is 2. The minimum absolute atomic E-state index is 0.105. The van der Waals surface area contributed by atoms with Gasteiger partial charge in [0.15, 0.2) is 0 Å². The van der Waals surface area contributed by atoms with E-state index in [0.29, 0.717) is 13.1 Å². The molecule has 1 saturated carbocycles. The van der Waals surface area contributed by atoms with E-state index < -0.39 is 18.1 Å². The number of halogens is 3. The monoisotopic (exact) mass is 460 g/mol. The topological polar surface area (TPSA) is 107 Å². The van der Waals surface area contributed by atoms with E-state index in [4.69, 9.17) is 14.6 Å². The molecule has 1 heterocycles. The zero-order valence-electron chi connectivity index (χ0n) is 17.5. The number of ether oxygens (including phenoxy) is 1. The van der Waals surface area contributed by atoms with E-state index in [1.54, 1.807) is 4.90 Å². The standard InChI is InChI=1S/C19H26N2O4.C2HF3O2/c22-18(23)16-8-4-5-9-17(16)20-10-12-21(13-11-20)19(24)25-14-15-6-2-1-3-7-15;3-2(4,5)1(6)7/h1-3,6-7,16-17H,4-5,8-14H2,(H,22,23);(H,6,7)/t16-,17-;/m1./s1. The molecule has 1 aromatic rings.